The van der Waals surface area contributed by atoms with Crippen molar-refractivity contribution in [3.8, 4) is 0 Å². The third-order valence-electron chi connectivity index (χ3n) is 2.73. The Bertz CT molecular complexity index is 298. The lowest BCUT2D eigenvalue weighted by Gasteiger charge is -2.18. The third kappa shape index (κ3) is 4.35. The van der Waals surface area contributed by atoms with Crippen LogP contribution in [0.5, 0.6) is 0 Å². The highest BCUT2D eigenvalue weighted by atomic mass is 79.9. The van der Waals surface area contributed by atoms with Crippen molar-refractivity contribution in [2.75, 3.05) is 0 Å². The molecular formula is C13H19BrO. The van der Waals surface area contributed by atoms with Crippen molar-refractivity contribution >= 4 is 15.9 Å². The molecule has 15 heavy (non-hydrogen) atoms. The van der Waals surface area contributed by atoms with Gasteiger partial charge in [0.05, 0.1) is 6.10 Å². The number of aliphatic hydroxyl groups is 1. The standard InChI is InChI=1S/C13H19BrO/c1-3-5-10(2)13(15)9-11-6-4-7-12(14)8-11/h4,6-8,10,13,15H,3,5,9H2,1-2H3. The maximum absolute atomic E-state index is 9.98. The zero-order chi connectivity index (χ0) is 11.3. The lowest BCUT2D eigenvalue weighted by Crippen LogP contribution is -2.20. The second kappa shape index (κ2) is 6.29. The molecule has 0 aliphatic carbocycles. The Hall–Kier alpha value is -0.340. The summed E-state index contributed by atoms with van der Waals surface area (Å²) < 4.78 is 1.08. The fraction of sp³-hybridized carbons (Fsp3) is 0.538. The Balaban J connectivity index is 2.54. The summed E-state index contributed by atoms with van der Waals surface area (Å²) in [5.41, 5.74) is 1.19. The number of aliphatic hydroxyl groups excluding tert-OH is 1. The summed E-state index contributed by atoms with van der Waals surface area (Å²) in [7, 11) is 0. The van der Waals surface area contributed by atoms with Gasteiger partial charge in [-0.2, -0.15) is 0 Å². The predicted molar refractivity (Wildman–Crippen MR) is 67.9 cm³/mol. The number of benzene rings is 1. The summed E-state index contributed by atoms with van der Waals surface area (Å²) in [6.07, 6.45) is 2.76. The van der Waals surface area contributed by atoms with E-state index in [2.05, 4.69) is 41.9 Å². The van der Waals surface area contributed by atoms with Crippen molar-refractivity contribution < 1.29 is 5.11 Å². The van der Waals surface area contributed by atoms with E-state index >= 15 is 0 Å². The quantitative estimate of drug-likeness (QED) is 0.863. The Kier molecular flexibility index (Phi) is 5.34. The summed E-state index contributed by atoms with van der Waals surface area (Å²) in [4.78, 5) is 0. The zero-order valence-electron chi connectivity index (χ0n) is 9.41. The van der Waals surface area contributed by atoms with Crippen LogP contribution in [0.15, 0.2) is 28.7 Å². The maximum atomic E-state index is 9.98. The minimum absolute atomic E-state index is 0.223. The summed E-state index contributed by atoms with van der Waals surface area (Å²) in [5, 5.41) is 9.98. The Morgan fingerprint density at radius 1 is 1.40 bits per heavy atom. The molecule has 2 unspecified atom stereocenters. The molecule has 1 N–H and O–H groups in total. The van der Waals surface area contributed by atoms with Gasteiger partial charge in [0.1, 0.15) is 0 Å². The monoisotopic (exact) mass is 270 g/mol. The van der Waals surface area contributed by atoms with Gasteiger partial charge in [-0.3, -0.25) is 0 Å². The van der Waals surface area contributed by atoms with E-state index in [0.29, 0.717) is 5.92 Å². The molecular weight excluding hydrogens is 252 g/mol. The normalized spacial score (nSPS) is 14.9. The smallest absolute Gasteiger partial charge is 0.0606 e. The van der Waals surface area contributed by atoms with Crippen LogP contribution in [0.25, 0.3) is 0 Å². The van der Waals surface area contributed by atoms with Crippen LogP contribution in [0.2, 0.25) is 0 Å². The van der Waals surface area contributed by atoms with E-state index in [1.807, 2.05) is 12.1 Å². The SMILES string of the molecule is CCCC(C)C(O)Cc1cccc(Br)c1. The molecule has 0 bridgehead atoms. The minimum atomic E-state index is -0.223. The van der Waals surface area contributed by atoms with Gasteiger partial charge in [-0.15, -0.1) is 0 Å². The highest BCUT2D eigenvalue weighted by Gasteiger charge is 2.13. The molecule has 0 spiro atoms. The van der Waals surface area contributed by atoms with Crippen LogP contribution in [0, 0.1) is 5.92 Å². The second-order valence-corrected chi connectivity index (χ2v) is 5.08. The van der Waals surface area contributed by atoms with Crippen molar-refractivity contribution in [1.82, 2.24) is 0 Å². The van der Waals surface area contributed by atoms with Crippen molar-refractivity contribution in [3.63, 3.8) is 0 Å². The maximum Gasteiger partial charge on any atom is 0.0606 e. The highest BCUT2D eigenvalue weighted by molar-refractivity contribution is 9.10. The fourth-order valence-corrected chi connectivity index (χ4v) is 2.20. The van der Waals surface area contributed by atoms with E-state index in [4.69, 9.17) is 0 Å². The largest absolute Gasteiger partial charge is 0.393 e. The van der Waals surface area contributed by atoms with Gasteiger partial charge in [-0.05, 0) is 36.5 Å². The first-order chi connectivity index (χ1) is 7.13. The van der Waals surface area contributed by atoms with Crippen LogP contribution < -0.4 is 0 Å². The third-order valence-corrected chi connectivity index (χ3v) is 3.23. The average molecular weight is 271 g/mol. The highest BCUT2D eigenvalue weighted by Crippen LogP contribution is 2.17. The van der Waals surface area contributed by atoms with Gasteiger partial charge < -0.3 is 5.11 Å². The van der Waals surface area contributed by atoms with Gasteiger partial charge in [0.25, 0.3) is 0 Å². The lowest BCUT2D eigenvalue weighted by atomic mass is 9.94. The number of halogens is 1. The van der Waals surface area contributed by atoms with Crippen molar-refractivity contribution in [2.45, 2.75) is 39.2 Å². The van der Waals surface area contributed by atoms with E-state index < -0.39 is 0 Å². The average Bonchev–Trinajstić information content (AvgIpc) is 2.18. The first kappa shape index (κ1) is 12.7. The molecule has 1 aromatic carbocycles. The molecule has 2 atom stereocenters. The van der Waals surface area contributed by atoms with Crippen molar-refractivity contribution in [2.24, 2.45) is 5.92 Å². The molecule has 0 heterocycles. The molecule has 0 radical (unpaired) electrons. The number of rotatable bonds is 5. The molecule has 0 amide bonds. The second-order valence-electron chi connectivity index (χ2n) is 4.17. The molecule has 2 heteroatoms. The van der Waals surface area contributed by atoms with Gasteiger partial charge in [-0.1, -0.05) is 48.3 Å². The molecule has 0 saturated carbocycles. The number of hydrogen-bond donors (Lipinski definition) is 1. The van der Waals surface area contributed by atoms with Gasteiger partial charge >= 0.3 is 0 Å². The van der Waals surface area contributed by atoms with Crippen LogP contribution in [0.1, 0.15) is 32.3 Å². The molecule has 1 rings (SSSR count). The van der Waals surface area contributed by atoms with Crippen LogP contribution in [0.4, 0.5) is 0 Å². The molecule has 0 fully saturated rings. The van der Waals surface area contributed by atoms with E-state index in [-0.39, 0.29) is 6.10 Å². The van der Waals surface area contributed by atoms with Crippen molar-refractivity contribution in [1.29, 1.82) is 0 Å². The lowest BCUT2D eigenvalue weighted by molar-refractivity contribution is 0.111. The van der Waals surface area contributed by atoms with E-state index in [0.717, 1.165) is 23.7 Å². The molecule has 1 nitrogen and oxygen atoms in total. The van der Waals surface area contributed by atoms with Crippen LogP contribution in [0.3, 0.4) is 0 Å². The van der Waals surface area contributed by atoms with E-state index in [9.17, 15) is 5.11 Å². The van der Waals surface area contributed by atoms with Crippen molar-refractivity contribution in [3.05, 3.63) is 34.3 Å². The van der Waals surface area contributed by atoms with E-state index in [1.165, 1.54) is 5.56 Å². The van der Waals surface area contributed by atoms with Gasteiger partial charge in [-0.25, -0.2) is 0 Å². The van der Waals surface area contributed by atoms with Gasteiger partial charge in [0.2, 0.25) is 0 Å². The molecule has 0 aliphatic rings. The summed E-state index contributed by atoms with van der Waals surface area (Å²) in [5.74, 6) is 0.383. The molecule has 84 valence electrons. The first-order valence-electron chi connectivity index (χ1n) is 5.56. The Morgan fingerprint density at radius 3 is 2.73 bits per heavy atom. The number of hydrogen-bond acceptors (Lipinski definition) is 1. The van der Waals surface area contributed by atoms with E-state index in [1.54, 1.807) is 0 Å². The predicted octanol–water partition coefficient (Wildman–Crippen LogP) is 3.79. The summed E-state index contributed by atoms with van der Waals surface area (Å²) in [6, 6.07) is 8.15. The van der Waals surface area contributed by atoms with Gasteiger partial charge in [0, 0.05) is 4.47 Å². The summed E-state index contributed by atoms with van der Waals surface area (Å²) >= 11 is 3.44. The van der Waals surface area contributed by atoms with Gasteiger partial charge in [0.15, 0.2) is 0 Å². The molecule has 0 aliphatic heterocycles. The van der Waals surface area contributed by atoms with Crippen LogP contribution >= 0.6 is 15.9 Å². The minimum Gasteiger partial charge on any atom is -0.393 e. The zero-order valence-corrected chi connectivity index (χ0v) is 11.0. The molecule has 0 aromatic heterocycles. The topological polar surface area (TPSA) is 20.2 Å². The first-order valence-corrected chi connectivity index (χ1v) is 6.35. The molecule has 1 aromatic rings. The summed E-state index contributed by atoms with van der Waals surface area (Å²) in [6.45, 7) is 4.27. The molecule has 0 saturated heterocycles. The van der Waals surface area contributed by atoms with Crippen LogP contribution in [-0.4, -0.2) is 11.2 Å². The fourth-order valence-electron chi connectivity index (χ4n) is 1.75. The Morgan fingerprint density at radius 2 is 2.13 bits per heavy atom. The Labute approximate surface area is 101 Å². The van der Waals surface area contributed by atoms with Crippen LogP contribution in [-0.2, 0) is 6.42 Å².